The molecule has 1 aliphatic heterocycles. The van der Waals surface area contributed by atoms with E-state index in [9.17, 15) is 19.8 Å². The van der Waals surface area contributed by atoms with Gasteiger partial charge in [-0.1, -0.05) is 42.0 Å². The molecule has 6 nitrogen and oxygen atoms in total. The lowest BCUT2D eigenvalue weighted by Gasteiger charge is -2.25. The van der Waals surface area contributed by atoms with Crippen LogP contribution in [-0.4, -0.2) is 28.5 Å². The third-order valence-corrected chi connectivity index (χ3v) is 5.36. The summed E-state index contributed by atoms with van der Waals surface area (Å²) < 4.78 is 5.51. The van der Waals surface area contributed by atoms with Gasteiger partial charge in [-0.25, -0.2) is 0 Å². The molecule has 0 spiro atoms. The van der Waals surface area contributed by atoms with Gasteiger partial charge in [-0.2, -0.15) is 0 Å². The molecule has 3 aromatic carbocycles. The zero-order valence-electron chi connectivity index (χ0n) is 17.8. The van der Waals surface area contributed by atoms with Gasteiger partial charge in [-0.05, 0) is 55.8 Å². The highest BCUT2D eigenvalue weighted by Gasteiger charge is 2.47. The molecule has 32 heavy (non-hydrogen) atoms. The maximum Gasteiger partial charge on any atom is 0.300 e. The van der Waals surface area contributed by atoms with Crippen LogP contribution in [0.15, 0.2) is 78.4 Å². The number of aliphatic hydroxyl groups excluding tert-OH is 1. The molecule has 4 rings (SSSR count). The second-order valence-corrected chi connectivity index (χ2v) is 7.56. The van der Waals surface area contributed by atoms with E-state index in [4.69, 9.17) is 4.74 Å². The number of ketones is 1. The number of phenols is 1. The molecule has 6 heteroatoms. The third-order valence-electron chi connectivity index (χ3n) is 5.36. The van der Waals surface area contributed by atoms with Crippen molar-refractivity contribution in [2.45, 2.75) is 19.9 Å². The number of ether oxygens (including phenoxy) is 1. The summed E-state index contributed by atoms with van der Waals surface area (Å²) in [4.78, 5) is 27.6. The van der Waals surface area contributed by atoms with Crippen LogP contribution in [-0.2, 0) is 9.59 Å². The minimum atomic E-state index is -0.902. The zero-order chi connectivity index (χ0) is 22.8. The molecule has 0 aliphatic carbocycles. The number of aryl methyl sites for hydroxylation is 1. The molecule has 1 heterocycles. The van der Waals surface area contributed by atoms with Crippen molar-refractivity contribution < 1.29 is 24.5 Å². The Morgan fingerprint density at radius 2 is 1.72 bits per heavy atom. The summed E-state index contributed by atoms with van der Waals surface area (Å²) >= 11 is 0. The highest BCUT2D eigenvalue weighted by atomic mass is 16.5. The molecule has 1 saturated heterocycles. The molecule has 3 aromatic rings. The van der Waals surface area contributed by atoms with Crippen molar-refractivity contribution in [1.29, 1.82) is 0 Å². The molecule has 162 valence electrons. The fraction of sp³-hybridized carbons (Fsp3) is 0.154. The Morgan fingerprint density at radius 3 is 2.41 bits per heavy atom. The minimum Gasteiger partial charge on any atom is -0.508 e. The largest absolute Gasteiger partial charge is 0.508 e. The summed E-state index contributed by atoms with van der Waals surface area (Å²) in [6, 6.07) is 19.4. The number of benzene rings is 3. The molecular formula is C26H23NO5. The van der Waals surface area contributed by atoms with E-state index in [2.05, 4.69) is 0 Å². The molecule has 1 amide bonds. The van der Waals surface area contributed by atoms with E-state index in [1.807, 2.05) is 26.0 Å². The van der Waals surface area contributed by atoms with E-state index < -0.39 is 17.7 Å². The summed E-state index contributed by atoms with van der Waals surface area (Å²) in [5, 5.41) is 21.2. The maximum absolute atomic E-state index is 13.1. The maximum atomic E-state index is 13.1. The highest BCUT2D eigenvalue weighted by molar-refractivity contribution is 6.51. The van der Waals surface area contributed by atoms with Gasteiger partial charge in [0.1, 0.15) is 17.3 Å². The molecule has 1 aliphatic rings. The van der Waals surface area contributed by atoms with Crippen LogP contribution in [0.5, 0.6) is 11.5 Å². The number of Topliss-reactive ketones (excluding diaryl/α,β-unsaturated/α-hetero) is 1. The van der Waals surface area contributed by atoms with E-state index in [1.54, 1.807) is 48.5 Å². The lowest BCUT2D eigenvalue weighted by molar-refractivity contribution is -0.132. The lowest BCUT2D eigenvalue weighted by atomic mass is 9.95. The van der Waals surface area contributed by atoms with Crippen molar-refractivity contribution in [3.05, 3.63) is 95.1 Å². The van der Waals surface area contributed by atoms with Gasteiger partial charge in [0.05, 0.1) is 18.2 Å². The van der Waals surface area contributed by atoms with Crippen molar-refractivity contribution in [2.24, 2.45) is 0 Å². The quantitative estimate of drug-likeness (QED) is 0.348. The van der Waals surface area contributed by atoms with Crippen LogP contribution in [0, 0.1) is 6.92 Å². The zero-order valence-corrected chi connectivity index (χ0v) is 17.8. The van der Waals surface area contributed by atoms with Crippen molar-refractivity contribution in [2.75, 3.05) is 11.5 Å². The monoisotopic (exact) mass is 429 g/mol. The van der Waals surface area contributed by atoms with Gasteiger partial charge >= 0.3 is 0 Å². The molecule has 0 radical (unpaired) electrons. The number of nitrogens with zero attached hydrogens (tertiary/aromatic N) is 1. The fourth-order valence-corrected chi connectivity index (χ4v) is 3.87. The van der Waals surface area contributed by atoms with Crippen LogP contribution in [0.2, 0.25) is 0 Å². The van der Waals surface area contributed by atoms with Gasteiger partial charge in [-0.15, -0.1) is 0 Å². The number of phenolic OH excluding ortho intramolecular Hbond substituents is 1. The van der Waals surface area contributed by atoms with Crippen LogP contribution in [0.1, 0.15) is 29.7 Å². The second kappa shape index (κ2) is 8.59. The predicted molar refractivity (Wildman–Crippen MR) is 122 cm³/mol. The SMILES string of the molecule is CCOc1cccc(/C(O)=C2/C(=O)C(=O)N(c3ccc(C)cc3)C2c2cccc(O)c2)c1. The van der Waals surface area contributed by atoms with E-state index >= 15 is 0 Å². The van der Waals surface area contributed by atoms with Gasteiger partial charge in [-0.3, -0.25) is 14.5 Å². The van der Waals surface area contributed by atoms with Crippen molar-refractivity contribution in [3.8, 4) is 11.5 Å². The normalized spacial score (nSPS) is 17.6. The number of rotatable bonds is 5. The molecule has 0 saturated carbocycles. The van der Waals surface area contributed by atoms with Crippen LogP contribution < -0.4 is 9.64 Å². The number of carbonyl (C=O) groups is 2. The standard InChI is InChI=1S/C26H23NO5/c1-3-32-21-9-5-7-18(15-21)24(29)22-23(17-6-4-8-20(28)14-17)27(26(31)25(22)30)19-12-10-16(2)11-13-19/h4-15,23,28-29H,3H2,1-2H3/b24-22-. The summed E-state index contributed by atoms with van der Waals surface area (Å²) in [6.07, 6.45) is 0. The first-order valence-electron chi connectivity index (χ1n) is 10.3. The van der Waals surface area contributed by atoms with Gasteiger partial charge in [0.25, 0.3) is 11.7 Å². The summed E-state index contributed by atoms with van der Waals surface area (Å²) in [7, 11) is 0. The Bertz CT molecular complexity index is 1210. The minimum absolute atomic E-state index is 0.00432. The van der Waals surface area contributed by atoms with Crippen LogP contribution in [0.4, 0.5) is 5.69 Å². The van der Waals surface area contributed by atoms with Crippen LogP contribution in [0.25, 0.3) is 5.76 Å². The van der Waals surface area contributed by atoms with E-state index in [-0.39, 0.29) is 17.1 Å². The Morgan fingerprint density at radius 1 is 1.00 bits per heavy atom. The first kappa shape index (κ1) is 21.2. The molecule has 2 N–H and O–H groups in total. The number of aromatic hydroxyl groups is 1. The van der Waals surface area contributed by atoms with Crippen LogP contribution in [0.3, 0.4) is 0 Å². The van der Waals surface area contributed by atoms with Gasteiger partial charge < -0.3 is 14.9 Å². The molecule has 0 bridgehead atoms. The fourth-order valence-electron chi connectivity index (χ4n) is 3.87. The Hall–Kier alpha value is -4.06. The highest BCUT2D eigenvalue weighted by Crippen LogP contribution is 2.43. The Balaban J connectivity index is 1.92. The Labute approximate surface area is 186 Å². The van der Waals surface area contributed by atoms with Gasteiger partial charge in [0, 0.05) is 11.3 Å². The van der Waals surface area contributed by atoms with E-state index in [1.165, 1.54) is 17.0 Å². The summed E-state index contributed by atoms with van der Waals surface area (Å²) in [6.45, 7) is 4.23. The van der Waals surface area contributed by atoms with E-state index in [0.29, 0.717) is 29.2 Å². The van der Waals surface area contributed by atoms with Crippen molar-refractivity contribution in [1.82, 2.24) is 0 Å². The molecule has 1 fully saturated rings. The number of anilines is 1. The predicted octanol–water partition coefficient (Wildman–Crippen LogP) is 4.73. The second-order valence-electron chi connectivity index (χ2n) is 7.56. The third kappa shape index (κ3) is 3.83. The smallest absolute Gasteiger partial charge is 0.300 e. The number of aliphatic hydroxyl groups is 1. The average molecular weight is 429 g/mol. The number of hydrogen-bond acceptors (Lipinski definition) is 5. The molecule has 1 unspecified atom stereocenters. The van der Waals surface area contributed by atoms with Crippen LogP contribution >= 0.6 is 0 Å². The van der Waals surface area contributed by atoms with Gasteiger partial charge in [0.15, 0.2) is 0 Å². The Kier molecular flexibility index (Phi) is 5.69. The first-order chi connectivity index (χ1) is 15.4. The summed E-state index contributed by atoms with van der Waals surface area (Å²) in [5.74, 6) is -1.30. The van der Waals surface area contributed by atoms with E-state index in [0.717, 1.165) is 5.56 Å². The number of hydrogen-bond donors (Lipinski definition) is 2. The number of amides is 1. The first-order valence-corrected chi connectivity index (χ1v) is 10.3. The number of carbonyl (C=O) groups excluding carboxylic acids is 2. The van der Waals surface area contributed by atoms with Crippen molar-refractivity contribution in [3.63, 3.8) is 0 Å². The molecular weight excluding hydrogens is 406 g/mol. The van der Waals surface area contributed by atoms with Crippen molar-refractivity contribution >= 4 is 23.1 Å². The molecule has 1 atom stereocenters. The average Bonchev–Trinajstić information content (AvgIpc) is 3.05. The van der Waals surface area contributed by atoms with Gasteiger partial charge in [0.2, 0.25) is 0 Å². The summed E-state index contributed by atoms with van der Waals surface area (Å²) in [5.41, 5.74) is 2.35. The molecule has 0 aromatic heterocycles. The lowest BCUT2D eigenvalue weighted by Crippen LogP contribution is -2.29. The topological polar surface area (TPSA) is 87.1 Å².